The monoisotopic (exact) mass is 244 g/mol. The molecule has 2 rings (SSSR count). The zero-order valence-corrected chi connectivity index (χ0v) is 11.1. The second-order valence-corrected chi connectivity index (χ2v) is 5.10. The Morgan fingerprint density at radius 1 is 1.11 bits per heavy atom. The summed E-state index contributed by atoms with van der Waals surface area (Å²) in [5.74, 6) is 0. The standard InChI is InChI=1S/C16H24N2/c17-16-8-4-7-15(13-16)10-12-18-11-9-14-5-2-1-3-6-14/h4-5,7-8,13,18H,1-3,6,9-12,17H2. The number of anilines is 1. The molecule has 0 aromatic heterocycles. The first-order chi connectivity index (χ1) is 8.84. The highest BCUT2D eigenvalue weighted by atomic mass is 14.8. The molecule has 0 amide bonds. The fraction of sp³-hybridized carbons (Fsp3) is 0.500. The molecule has 1 aromatic rings. The van der Waals surface area contributed by atoms with Crippen LogP contribution in [0.3, 0.4) is 0 Å². The third-order valence-electron chi connectivity index (χ3n) is 3.55. The van der Waals surface area contributed by atoms with Crippen molar-refractivity contribution in [3.63, 3.8) is 0 Å². The highest BCUT2D eigenvalue weighted by Crippen LogP contribution is 2.19. The van der Waals surface area contributed by atoms with E-state index in [4.69, 9.17) is 5.73 Å². The van der Waals surface area contributed by atoms with Crippen molar-refractivity contribution < 1.29 is 0 Å². The van der Waals surface area contributed by atoms with Crippen LogP contribution in [0.15, 0.2) is 35.9 Å². The zero-order chi connectivity index (χ0) is 12.6. The average molecular weight is 244 g/mol. The minimum atomic E-state index is 0.861. The number of nitrogens with one attached hydrogen (secondary N) is 1. The number of benzene rings is 1. The average Bonchev–Trinajstić information content (AvgIpc) is 2.40. The van der Waals surface area contributed by atoms with Gasteiger partial charge in [-0.05, 0) is 69.3 Å². The van der Waals surface area contributed by atoms with E-state index in [0.717, 1.165) is 25.2 Å². The number of rotatable bonds is 6. The molecule has 3 N–H and O–H groups in total. The van der Waals surface area contributed by atoms with Crippen LogP contribution in [0.1, 0.15) is 37.7 Å². The van der Waals surface area contributed by atoms with E-state index < -0.39 is 0 Å². The summed E-state index contributed by atoms with van der Waals surface area (Å²) >= 11 is 0. The van der Waals surface area contributed by atoms with Crippen molar-refractivity contribution in [1.29, 1.82) is 0 Å². The molecular formula is C16H24N2. The van der Waals surface area contributed by atoms with Crippen LogP contribution in [-0.4, -0.2) is 13.1 Å². The lowest BCUT2D eigenvalue weighted by Gasteiger charge is -2.12. The molecule has 0 unspecified atom stereocenters. The first-order valence-corrected chi connectivity index (χ1v) is 7.07. The van der Waals surface area contributed by atoms with Gasteiger partial charge in [0, 0.05) is 5.69 Å². The minimum Gasteiger partial charge on any atom is -0.399 e. The summed E-state index contributed by atoms with van der Waals surface area (Å²) in [7, 11) is 0. The number of hydrogen-bond donors (Lipinski definition) is 2. The second-order valence-electron chi connectivity index (χ2n) is 5.10. The van der Waals surface area contributed by atoms with Gasteiger partial charge in [-0.2, -0.15) is 0 Å². The van der Waals surface area contributed by atoms with Crippen molar-refractivity contribution in [1.82, 2.24) is 5.32 Å². The Kier molecular flexibility index (Phi) is 5.28. The third kappa shape index (κ3) is 4.53. The van der Waals surface area contributed by atoms with E-state index in [1.165, 1.54) is 37.7 Å². The topological polar surface area (TPSA) is 38.0 Å². The molecule has 0 aliphatic heterocycles. The molecular weight excluding hydrogens is 220 g/mol. The highest BCUT2D eigenvalue weighted by molar-refractivity contribution is 5.40. The van der Waals surface area contributed by atoms with Crippen LogP contribution in [0.5, 0.6) is 0 Å². The minimum absolute atomic E-state index is 0.861. The number of allylic oxidation sites excluding steroid dienone is 1. The molecule has 18 heavy (non-hydrogen) atoms. The molecule has 0 saturated heterocycles. The fourth-order valence-electron chi connectivity index (χ4n) is 2.49. The Morgan fingerprint density at radius 3 is 2.78 bits per heavy atom. The Morgan fingerprint density at radius 2 is 2.00 bits per heavy atom. The van der Waals surface area contributed by atoms with Crippen molar-refractivity contribution in [2.45, 2.75) is 38.5 Å². The van der Waals surface area contributed by atoms with E-state index in [9.17, 15) is 0 Å². The maximum Gasteiger partial charge on any atom is 0.0316 e. The maximum absolute atomic E-state index is 5.76. The number of nitrogens with two attached hydrogens (primary N) is 1. The molecule has 0 spiro atoms. The number of hydrogen-bond acceptors (Lipinski definition) is 2. The molecule has 98 valence electrons. The van der Waals surface area contributed by atoms with Gasteiger partial charge in [-0.25, -0.2) is 0 Å². The van der Waals surface area contributed by atoms with Crippen LogP contribution in [-0.2, 0) is 6.42 Å². The molecule has 0 atom stereocenters. The Balaban J connectivity index is 1.60. The van der Waals surface area contributed by atoms with Gasteiger partial charge in [-0.1, -0.05) is 23.8 Å². The summed E-state index contributed by atoms with van der Waals surface area (Å²) in [6.45, 7) is 2.14. The van der Waals surface area contributed by atoms with Gasteiger partial charge < -0.3 is 11.1 Å². The second kappa shape index (κ2) is 7.22. The highest BCUT2D eigenvalue weighted by Gasteiger charge is 2.02. The molecule has 0 bridgehead atoms. The van der Waals surface area contributed by atoms with Gasteiger partial charge in [0.05, 0.1) is 0 Å². The first kappa shape index (κ1) is 13.2. The predicted molar refractivity (Wildman–Crippen MR) is 78.6 cm³/mol. The Bertz CT molecular complexity index is 396. The number of nitrogen functional groups attached to an aromatic ring is 1. The van der Waals surface area contributed by atoms with Gasteiger partial charge in [0.25, 0.3) is 0 Å². The molecule has 0 saturated carbocycles. The van der Waals surface area contributed by atoms with Gasteiger partial charge in [-0.3, -0.25) is 0 Å². The SMILES string of the molecule is Nc1cccc(CCNCCC2=CCCCC2)c1. The molecule has 2 heteroatoms. The molecule has 0 fully saturated rings. The van der Waals surface area contributed by atoms with Crippen LogP contribution in [0.4, 0.5) is 5.69 Å². The van der Waals surface area contributed by atoms with Crippen LogP contribution >= 0.6 is 0 Å². The van der Waals surface area contributed by atoms with E-state index in [0.29, 0.717) is 0 Å². The summed E-state index contributed by atoms with van der Waals surface area (Å²) < 4.78 is 0. The lowest BCUT2D eigenvalue weighted by molar-refractivity contribution is 0.632. The Hall–Kier alpha value is -1.28. The van der Waals surface area contributed by atoms with E-state index in [1.807, 2.05) is 12.1 Å². The molecule has 0 radical (unpaired) electrons. The first-order valence-electron chi connectivity index (χ1n) is 7.07. The van der Waals surface area contributed by atoms with Crippen molar-refractivity contribution in [3.8, 4) is 0 Å². The Labute approximate surface area is 110 Å². The van der Waals surface area contributed by atoms with E-state index in [-0.39, 0.29) is 0 Å². The van der Waals surface area contributed by atoms with Crippen LogP contribution < -0.4 is 11.1 Å². The maximum atomic E-state index is 5.76. The van der Waals surface area contributed by atoms with Crippen LogP contribution in [0, 0.1) is 0 Å². The van der Waals surface area contributed by atoms with E-state index >= 15 is 0 Å². The largest absolute Gasteiger partial charge is 0.399 e. The van der Waals surface area contributed by atoms with Crippen LogP contribution in [0.25, 0.3) is 0 Å². The summed E-state index contributed by atoms with van der Waals surface area (Å²) in [4.78, 5) is 0. The summed E-state index contributed by atoms with van der Waals surface area (Å²) in [6.07, 6.45) is 10.1. The van der Waals surface area contributed by atoms with E-state index in [2.05, 4.69) is 23.5 Å². The van der Waals surface area contributed by atoms with E-state index in [1.54, 1.807) is 5.57 Å². The summed E-state index contributed by atoms with van der Waals surface area (Å²) in [5.41, 5.74) is 9.59. The third-order valence-corrected chi connectivity index (χ3v) is 3.55. The molecule has 1 aliphatic rings. The smallest absolute Gasteiger partial charge is 0.0316 e. The quantitative estimate of drug-likeness (QED) is 0.458. The van der Waals surface area contributed by atoms with Crippen molar-refractivity contribution in [2.24, 2.45) is 0 Å². The lowest BCUT2D eigenvalue weighted by atomic mass is 9.97. The van der Waals surface area contributed by atoms with Gasteiger partial charge in [0.15, 0.2) is 0 Å². The predicted octanol–water partition coefficient (Wildman–Crippen LogP) is 3.29. The zero-order valence-electron chi connectivity index (χ0n) is 11.1. The summed E-state index contributed by atoms with van der Waals surface area (Å²) in [5, 5.41) is 3.52. The summed E-state index contributed by atoms with van der Waals surface area (Å²) in [6, 6.07) is 8.16. The molecule has 1 aromatic carbocycles. The van der Waals surface area contributed by atoms with Crippen molar-refractivity contribution in [2.75, 3.05) is 18.8 Å². The van der Waals surface area contributed by atoms with Gasteiger partial charge in [-0.15, -0.1) is 0 Å². The fourth-order valence-corrected chi connectivity index (χ4v) is 2.49. The van der Waals surface area contributed by atoms with Crippen LogP contribution in [0.2, 0.25) is 0 Å². The van der Waals surface area contributed by atoms with Gasteiger partial charge in [0.2, 0.25) is 0 Å². The molecule has 1 aliphatic carbocycles. The van der Waals surface area contributed by atoms with Crippen molar-refractivity contribution in [3.05, 3.63) is 41.5 Å². The van der Waals surface area contributed by atoms with Gasteiger partial charge in [0.1, 0.15) is 0 Å². The van der Waals surface area contributed by atoms with Crippen molar-refractivity contribution >= 4 is 5.69 Å². The normalized spacial score (nSPS) is 15.4. The molecule has 2 nitrogen and oxygen atoms in total. The molecule has 0 heterocycles. The lowest BCUT2D eigenvalue weighted by Crippen LogP contribution is -2.19. The van der Waals surface area contributed by atoms with Gasteiger partial charge >= 0.3 is 0 Å².